The van der Waals surface area contributed by atoms with Gasteiger partial charge in [-0.3, -0.25) is 4.79 Å². The minimum Gasteiger partial charge on any atom is -0.491 e. The van der Waals surface area contributed by atoms with Crippen LogP contribution in [0.5, 0.6) is 5.75 Å². The van der Waals surface area contributed by atoms with Gasteiger partial charge in [-0.05, 0) is 78.9 Å². The third-order valence-electron chi connectivity index (χ3n) is 4.21. The van der Waals surface area contributed by atoms with Crippen LogP contribution in [0.3, 0.4) is 0 Å². The van der Waals surface area contributed by atoms with Gasteiger partial charge < -0.3 is 20.7 Å². The lowest BCUT2D eigenvalue weighted by atomic mass is 10.1. The van der Waals surface area contributed by atoms with Crippen LogP contribution in [0.2, 0.25) is 0 Å². The number of hydrogen-bond acceptors (Lipinski definition) is 4. The second-order valence-corrected chi connectivity index (χ2v) is 6.68. The largest absolute Gasteiger partial charge is 0.491 e. The maximum atomic E-state index is 12.3. The lowest BCUT2D eigenvalue weighted by Crippen LogP contribution is -2.37. The highest BCUT2D eigenvalue weighted by atomic mass is 16.5. The molecule has 5 heteroatoms. The SMILES string of the molecule is CNC(C)CC(C)NC(=O)c1ccc(OC(C)CC(C)NC)cc1. The fourth-order valence-electron chi connectivity index (χ4n) is 2.60. The third kappa shape index (κ3) is 7.32. The van der Waals surface area contributed by atoms with Crippen LogP contribution in [0.1, 0.15) is 50.9 Å². The quantitative estimate of drug-likeness (QED) is 0.615. The molecule has 1 rings (SSSR count). The van der Waals surface area contributed by atoms with E-state index in [1.54, 1.807) is 0 Å². The van der Waals surface area contributed by atoms with Gasteiger partial charge >= 0.3 is 0 Å². The number of hydrogen-bond donors (Lipinski definition) is 3. The van der Waals surface area contributed by atoms with Crippen molar-refractivity contribution in [3.05, 3.63) is 29.8 Å². The number of benzene rings is 1. The predicted molar refractivity (Wildman–Crippen MR) is 99.7 cm³/mol. The zero-order valence-corrected chi connectivity index (χ0v) is 15.8. The van der Waals surface area contributed by atoms with Gasteiger partial charge in [0.25, 0.3) is 5.91 Å². The summed E-state index contributed by atoms with van der Waals surface area (Å²) in [7, 11) is 3.87. The molecule has 0 saturated carbocycles. The summed E-state index contributed by atoms with van der Waals surface area (Å²) < 4.78 is 5.89. The van der Waals surface area contributed by atoms with Crippen molar-refractivity contribution in [3.63, 3.8) is 0 Å². The molecule has 0 heterocycles. The van der Waals surface area contributed by atoms with Gasteiger partial charge in [0.1, 0.15) is 5.75 Å². The Morgan fingerprint density at radius 3 is 2.00 bits per heavy atom. The van der Waals surface area contributed by atoms with E-state index < -0.39 is 0 Å². The molecule has 4 atom stereocenters. The molecule has 3 N–H and O–H groups in total. The molecular weight excluding hydrogens is 302 g/mol. The highest BCUT2D eigenvalue weighted by Gasteiger charge is 2.13. The van der Waals surface area contributed by atoms with E-state index in [2.05, 4.69) is 36.7 Å². The summed E-state index contributed by atoms with van der Waals surface area (Å²) in [5.41, 5.74) is 0.655. The number of carbonyl (C=O) groups is 1. The van der Waals surface area contributed by atoms with Gasteiger partial charge in [0.2, 0.25) is 0 Å². The molecule has 24 heavy (non-hydrogen) atoms. The summed E-state index contributed by atoms with van der Waals surface area (Å²) in [5.74, 6) is 0.744. The second-order valence-electron chi connectivity index (χ2n) is 6.68. The van der Waals surface area contributed by atoms with E-state index in [1.165, 1.54) is 0 Å². The van der Waals surface area contributed by atoms with Crippen molar-refractivity contribution in [1.29, 1.82) is 0 Å². The molecule has 0 saturated heterocycles. The van der Waals surface area contributed by atoms with Crippen molar-refractivity contribution in [2.75, 3.05) is 14.1 Å². The predicted octanol–water partition coefficient (Wildman–Crippen LogP) is 2.57. The van der Waals surface area contributed by atoms with Crippen LogP contribution in [0.4, 0.5) is 0 Å². The van der Waals surface area contributed by atoms with Crippen LogP contribution in [0, 0.1) is 0 Å². The molecule has 1 aromatic rings. The molecule has 0 aliphatic rings. The van der Waals surface area contributed by atoms with Gasteiger partial charge in [0.15, 0.2) is 0 Å². The molecule has 0 bridgehead atoms. The van der Waals surface area contributed by atoms with E-state index in [1.807, 2.05) is 45.3 Å². The first kappa shape index (κ1) is 20.5. The zero-order chi connectivity index (χ0) is 18.1. The minimum atomic E-state index is -0.0470. The maximum Gasteiger partial charge on any atom is 0.251 e. The van der Waals surface area contributed by atoms with E-state index in [0.29, 0.717) is 17.6 Å². The van der Waals surface area contributed by atoms with E-state index in [9.17, 15) is 4.79 Å². The van der Waals surface area contributed by atoms with Crippen LogP contribution in [-0.2, 0) is 0 Å². The van der Waals surface area contributed by atoms with Crippen molar-refractivity contribution in [2.45, 2.75) is 64.8 Å². The van der Waals surface area contributed by atoms with Crippen LogP contribution < -0.4 is 20.7 Å². The molecule has 0 aromatic heterocycles. The topological polar surface area (TPSA) is 62.4 Å². The van der Waals surface area contributed by atoms with E-state index >= 15 is 0 Å². The Labute approximate surface area is 146 Å². The zero-order valence-electron chi connectivity index (χ0n) is 15.8. The molecule has 0 fully saturated rings. The molecule has 136 valence electrons. The summed E-state index contributed by atoms with van der Waals surface area (Å²) in [6.45, 7) is 8.31. The monoisotopic (exact) mass is 335 g/mol. The van der Waals surface area contributed by atoms with E-state index in [0.717, 1.165) is 18.6 Å². The Morgan fingerprint density at radius 1 is 0.917 bits per heavy atom. The van der Waals surface area contributed by atoms with E-state index in [-0.39, 0.29) is 18.1 Å². The normalized spacial score (nSPS) is 16.1. The summed E-state index contributed by atoms with van der Waals surface area (Å²) in [4.78, 5) is 12.3. The van der Waals surface area contributed by atoms with Gasteiger partial charge in [0, 0.05) is 23.7 Å². The number of rotatable bonds is 10. The highest BCUT2D eigenvalue weighted by Crippen LogP contribution is 2.16. The maximum absolute atomic E-state index is 12.3. The fraction of sp³-hybridized carbons (Fsp3) is 0.632. The first-order valence-corrected chi connectivity index (χ1v) is 8.77. The van der Waals surface area contributed by atoms with Gasteiger partial charge in [-0.1, -0.05) is 0 Å². The Balaban J connectivity index is 2.52. The first-order chi connectivity index (χ1) is 11.3. The van der Waals surface area contributed by atoms with Gasteiger partial charge in [-0.15, -0.1) is 0 Å². The number of ether oxygens (including phenoxy) is 1. The lowest BCUT2D eigenvalue weighted by molar-refractivity contribution is 0.0937. The number of nitrogens with one attached hydrogen (secondary N) is 3. The number of amides is 1. The molecule has 0 aliphatic heterocycles. The Morgan fingerprint density at radius 2 is 1.46 bits per heavy atom. The van der Waals surface area contributed by atoms with Gasteiger partial charge in [0.05, 0.1) is 6.10 Å². The summed E-state index contributed by atoms with van der Waals surface area (Å²) in [5, 5.41) is 9.41. The van der Waals surface area contributed by atoms with Crippen LogP contribution in [0.25, 0.3) is 0 Å². The Hall–Kier alpha value is -1.59. The molecule has 1 amide bonds. The van der Waals surface area contributed by atoms with Crippen LogP contribution in [0.15, 0.2) is 24.3 Å². The van der Waals surface area contributed by atoms with Crippen molar-refractivity contribution in [3.8, 4) is 5.75 Å². The molecular formula is C19H33N3O2. The molecule has 4 unspecified atom stereocenters. The van der Waals surface area contributed by atoms with Crippen molar-refractivity contribution in [1.82, 2.24) is 16.0 Å². The van der Waals surface area contributed by atoms with Crippen molar-refractivity contribution in [2.24, 2.45) is 0 Å². The van der Waals surface area contributed by atoms with Gasteiger partial charge in [-0.2, -0.15) is 0 Å². The smallest absolute Gasteiger partial charge is 0.251 e. The first-order valence-electron chi connectivity index (χ1n) is 8.77. The summed E-state index contributed by atoms with van der Waals surface area (Å²) in [6, 6.07) is 8.25. The van der Waals surface area contributed by atoms with Crippen LogP contribution in [-0.4, -0.2) is 44.2 Å². The molecule has 1 aromatic carbocycles. The fourth-order valence-corrected chi connectivity index (χ4v) is 2.60. The van der Waals surface area contributed by atoms with Crippen LogP contribution >= 0.6 is 0 Å². The average molecular weight is 335 g/mol. The average Bonchev–Trinajstić information content (AvgIpc) is 2.54. The van der Waals surface area contributed by atoms with Gasteiger partial charge in [-0.25, -0.2) is 0 Å². The lowest BCUT2D eigenvalue weighted by Gasteiger charge is -2.19. The minimum absolute atomic E-state index is 0.0470. The standard InChI is InChI=1S/C19H33N3O2/c1-13(20-5)11-15(3)22-19(23)17-7-9-18(10-8-17)24-16(4)12-14(2)21-6/h7-10,13-16,20-21H,11-12H2,1-6H3,(H,22,23). The number of carbonyl (C=O) groups excluding carboxylic acids is 1. The molecule has 0 spiro atoms. The molecule has 5 nitrogen and oxygen atoms in total. The molecule has 0 radical (unpaired) electrons. The highest BCUT2D eigenvalue weighted by molar-refractivity contribution is 5.94. The molecule has 0 aliphatic carbocycles. The second kappa shape index (κ2) is 10.3. The van der Waals surface area contributed by atoms with E-state index in [4.69, 9.17) is 4.74 Å². The summed E-state index contributed by atoms with van der Waals surface area (Å²) in [6.07, 6.45) is 1.94. The summed E-state index contributed by atoms with van der Waals surface area (Å²) >= 11 is 0. The third-order valence-corrected chi connectivity index (χ3v) is 4.21. The Bertz CT molecular complexity index is 490. The van der Waals surface area contributed by atoms with Crippen molar-refractivity contribution < 1.29 is 9.53 Å². The van der Waals surface area contributed by atoms with Crippen molar-refractivity contribution >= 4 is 5.91 Å². The Kier molecular flexibility index (Phi) is 8.79.